The summed E-state index contributed by atoms with van der Waals surface area (Å²) in [5.74, 6) is 0.0463. The Labute approximate surface area is 204 Å². The average Bonchev–Trinajstić information content (AvgIpc) is 3.04. The number of amides is 1. The second-order valence-electron chi connectivity index (χ2n) is 10.8. The Kier molecular flexibility index (Phi) is 6.91. The van der Waals surface area contributed by atoms with Crippen LogP contribution in [0.2, 0.25) is 0 Å². The number of rotatable bonds is 6. The number of benzene rings is 2. The molecule has 6 nitrogen and oxygen atoms in total. The Balaban J connectivity index is 1.37. The molecule has 184 valence electrons. The molecule has 0 radical (unpaired) electrons. The van der Waals surface area contributed by atoms with E-state index in [1.165, 1.54) is 0 Å². The number of nitrogens with one attached hydrogen (secondary N) is 1. The Morgan fingerprint density at radius 1 is 0.971 bits per heavy atom. The summed E-state index contributed by atoms with van der Waals surface area (Å²) in [5, 5.41) is 3.08. The molecule has 1 N–H and O–H groups in total. The molecule has 0 atom stereocenters. The van der Waals surface area contributed by atoms with Crippen molar-refractivity contribution in [3.63, 3.8) is 0 Å². The lowest BCUT2D eigenvalue weighted by Gasteiger charge is -2.39. The third kappa shape index (κ3) is 5.37. The van der Waals surface area contributed by atoms with Crippen molar-refractivity contribution in [2.24, 2.45) is 5.41 Å². The lowest BCUT2D eigenvalue weighted by atomic mass is 9.74. The van der Waals surface area contributed by atoms with E-state index in [0.717, 1.165) is 54.7 Å². The van der Waals surface area contributed by atoms with E-state index in [-0.39, 0.29) is 17.1 Å². The third-order valence-electron chi connectivity index (χ3n) is 7.52. The molecular weight excluding hydrogens is 446 g/mol. The number of anilines is 1. The summed E-state index contributed by atoms with van der Waals surface area (Å²) in [6.45, 7) is 10.7. The van der Waals surface area contributed by atoms with E-state index in [1.54, 1.807) is 4.31 Å². The number of aryl methyl sites for hydroxylation is 2. The fourth-order valence-electron chi connectivity index (χ4n) is 5.83. The molecule has 34 heavy (non-hydrogen) atoms. The van der Waals surface area contributed by atoms with Gasteiger partial charge in [-0.3, -0.25) is 9.69 Å². The van der Waals surface area contributed by atoms with Crippen LogP contribution in [0.4, 0.5) is 5.69 Å². The van der Waals surface area contributed by atoms with Gasteiger partial charge in [0, 0.05) is 17.8 Å². The van der Waals surface area contributed by atoms with Gasteiger partial charge in [0.15, 0.2) is 0 Å². The van der Waals surface area contributed by atoms with Crippen LogP contribution in [-0.2, 0) is 20.6 Å². The Hall–Kier alpha value is -2.22. The summed E-state index contributed by atoms with van der Waals surface area (Å²) < 4.78 is 28.4. The number of hydrogen-bond donors (Lipinski definition) is 1. The highest BCUT2D eigenvalue weighted by Crippen LogP contribution is 2.49. The van der Waals surface area contributed by atoms with Crippen LogP contribution < -0.4 is 5.32 Å². The maximum absolute atomic E-state index is 13.3. The molecule has 4 rings (SSSR count). The third-order valence-corrected chi connectivity index (χ3v) is 9.51. The van der Waals surface area contributed by atoms with Crippen LogP contribution in [0, 0.1) is 19.3 Å². The average molecular weight is 484 g/mol. The quantitative estimate of drug-likeness (QED) is 0.664. The molecule has 0 aromatic heterocycles. The van der Waals surface area contributed by atoms with Crippen LogP contribution in [0.1, 0.15) is 49.8 Å². The van der Waals surface area contributed by atoms with E-state index in [4.69, 9.17) is 0 Å². The molecule has 2 aromatic carbocycles. The summed E-state index contributed by atoms with van der Waals surface area (Å²) >= 11 is 0. The number of sulfonamides is 1. The summed E-state index contributed by atoms with van der Waals surface area (Å²) in [5.41, 5.74) is 3.43. The first-order valence-corrected chi connectivity index (χ1v) is 13.7. The second-order valence-corrected chi connectivity index (χ2v) is 12.7. The van der Waals surface area contributed by atoms with Gasteiger partial charge >= 0.3 is 0 Å². The molecule has 7 heteroatoms. The highest BCUT2D eigenvalue weighted by Gasteiger charge is 2.53. The van der Waals surface area contributed by atoms with Crippen molar-refractivity contribution in [3.05, 3.63) is 65.2 Å². The maximum atomic E-state index is 13.3. The summed E-state index contributed by atoms with van der Waals surface area (Å²) in [6, 6.07) is 15.4. The first-order valence-electron chi connectivity index (χ1n) is 12.1. The zero-order valence-electron chi connectivity index (χ0n) is 20.8. The van der Waals surface area contributed by atoms with Gasteiger partial charge in [-0.25, -0.2) is 8.42 Å². The number of nitrogens with zero attached hydrogens (tertiary/aromatic N) is 2. The van der Waals surface area contributed by atoms with Gasteiger partial charge in [-0.05, 0) is 82.2 Å². The number of piperidine rings is 1. The van der Waals surface area contributed by atoms with E-state index >= 15 is 0 Å². The summed E-state index contributed by atoms with van der Waals surface area (Å²) in [6.07, 6.45) is 2.67. The van der Waals surface area contributed by atoms with Crippen LogP contribution in [-0.4, -0.2) is 55.2 Å². The van der Waals surface area contributed by atoms with E-state index in [0.29, 0.717) is 13.1 Å². The SMILES string of the molecule is Cc1cccc(C)c1NC(=O)CN1CCC2(CC1)CN(S(=O)(=O)Cc1ccccc1)C(C)(C)C2. The molecule has 0 unspecified atom stereocenters. The van der Waals surface area contributed by atoms with Crippen molar-refractivity contribution >= 4 is 21.6 Å². The van der Waals surface area contributed by atoms with Crippen molar-refractivity contribution in [2.75, 3.05) is 31.5 Å². The topological polar surface area (TPSA) is 69.7 Å². The molecule has 0 bridgehead atoms. The number of carbonyl (C=O) groups is 1. The lowest BCUT2D eigenvalue weighted by Crippen LogP contribution is -2.45. The fourth-order valence-corrected chi connectivity index (χ4v) is 7.89. The van der Waals surface area contributed by atoms with Gasteiger partial charge in [-0.1, -0.05) is 48.5 Å². The fraction of sp³-hybridized carbons (Fsp3) is 0.519. The predicted octanol–water partition coefficient (Wildman–Crippen LogP) is 4.34. The van der Waals surface area contributed by atoms with Gasteiger partial charge in [-0.2, -0.15) is 4.31 Å². The molecule has 2 aliphatic heterocycles. The molecule has 2 saturated heterocycles. The van der Waals surface area contributed by atoms with Crippen molar-refractivity contribution in [3.8, 4) is 0 Å². The predicted molar refractivity (Wildman–Crippen MR) is 137 cm³/mol. The van der Waals surface area contributed by atoms with E-state index in [1.807, 2.05) is 62.4 Å². The molecule has 0 aliphatic carbocycles. The van der Waals surface area contributed by atoms with E-state index in [2.05, 4.69) is 24.1 Å². The summed E-state index contributed by atoms with van der Waals surface area (Å²) in [7, 11) is -3.42. The minimum absolute atomic E-state index is 0.00664. The van der Waals surface area contributed by atoms with Crippen LogP contribution >= 0.6 is 0 Å². The normalized spacial score (nSPS) is 20.5. The minimum Gasteiger partial charge on any atom is -0.324 e. The van der Waals surface area contributed by atoms with Crippen LogP contribution in [0.25, 0.3) is 0 Å². The standard InChI is InChI=1S/C27H37N3O3S/c1-21-9-8-10-22(2)25(21)28-24(31)17-29-15-13-27(14-16-29)19-26(3,4)30(20-27)34(32,33)18-23-11-6-5-7-12-23/h5-12H,13-20H2,1-4H3,(H,28,31). The molecule has 0 saturated carbocycles. The van der Waals surface area contributed by atoms with E-state index < -0.39 is 15.6 Å². The number of para-hydroxylation sites is 1. The van der Waals surface area contributed by atoms with Gasteiger partial charge < -0.3 is 5.32 Å². The first kappa shape index (κ1) is 24.9. The largest absolute Gasteiger partial charge is 0.324 e. The van der Waals surface area contributed by atoms with Gasteiger partial charge in [-0.15, -0.1) is 0 Å². The van der Waals surface area contributed by atoms with Crippen molar-refractivity contribution < 1.29 is 13.2 Å². The van der Waals surface area contributed by atoms with Crippen molar-refractivity contribution in [1.82, 2.24) is 9.21 Å². The molecule has 1 amide bonds. The molecule has 2 fully saturated rings. The van der Waals surface area contributed by atoms with Crippen LogP contribution in [0.5, 0.6) is 0 Å². The molecular formula is C27H37N3O3S. The number of likely N-dealkylation sites (tertiary alicyclic amines) is 1. The van der Waals surface area contributed by atoms with Crippen molar-refractivity contribution in [1.29, 1.82) is 0 Å². The Morgan fingerprint density at radius 2 is 1.59 bits per heavy atom. The Morgan fingerprint density at radius 3 is 2.21 bits per heavy atom. The molecule has 2 heterocycles. The zero-order chi connectivity index (χ0) is 24.6. The highest BCUT2D eigenvalue weighted by molar-refractivity contribution is 7.88. The van der Waals surface area contributed by atoms with Gasteiger partial charge in [0.2, 0.25) is 15.9 Å². The number of hydrogen-bond acceptors (Lipinski definition) is 4. The van der Waals surface area contributed by atoms with Crippen LogP contribution in [0.15, 0.2) is 48.5 Å². The lowest BCUT2D eigenvalue weighted by molar-refractivity contribution is -0.117. The maximum Gasteiger partial charge on any atom is 0.238 e. The first-order chi connectivity index (χ1) is 16.0. The van der Waals surface area contributed by atoms with Crippen LogP contribution in [0.3, 0.4) is 0 Å². The summed E-state index contributed by atoms with van der Waals surface area (Å²) in [4.78, 5) is 14.9. The molecule has 2 aromatic rings. The van der Waals surface area contributed by atoms with Gasteiger partial charge in [0.1, 0.15) is 0 Å². The van der Waals surface area contributed by atoms with Crippen molar-refractivity contribution in [2.45, 2.75) is 58.2 Å². The zero-order valence-corrected chi connectivity index (χ0v) is 21.6. The molecule has 1 spiro atoms. The smallest absolute Gasteiger partial charge is 0.238 e. The van der Waals surface area contributed by atoms with Gasteiger partial charge in [0.25, 0.3) is 0 Å². The molecule has 2 aliphatic rings. The van der Waals surface area contributed by atoms with Gasteiger partial charge in [0.05, 0.1) is 12.3 Å². The monoisotopic (exact) mass is 483 g/mol. The van der Waals surface area contributed by atoms with E-state index in [9.17, 15) is 13.2 Å². The Bertz CT molecular complexity index is 1120. The highest BCUT2D eigenvalue weighted by atomic mass is 32.2. The minimum atomic E-state index is -3.42. The second kappa shape index (κ2) is 9.44. The number of carbonyl (C=O) groups excluding carboxylic acids is 1.